The molecule has 1 amide bonds. The number of amides is 1. The van der Waals surface area contributed by atoms with Gasteiger partial charge < -0.3 is 4.42 Å². The van der Waals surface area contributed by atoms with E-state index in [2.05, 4.69) is 15.5 Å². The number of hydrogen-bond acceptors (Lipinski definition) is 5. The highest BCUT2D eigenvalue weighted by Crippen LogP contribution is 2.37. The van der Waals surface area contributed by atoms with Crippen molar-refractivity contribution >= 4 is 46.5 Å². The third-order valence-electron chi connectivity index (χ3n) is 3.30. The Balaban J connectivity index is 1.80. The fraction of sp³-hybridized carbons (Fsp3) is 0.133. The minimum absolute atomic E-state index is 0.00150. The lowest BCUT2D eigenvalue weighted by molar-refractivity contribution is 0.102. The zero-order valence-corrected chi connectivity index (χ0v) is 14.5. The van der Waals surface area contributed by atoms with E-state index in [9.17, 15) is 4.79 Å². The molecule has 0 aliphatic heterocycles. The van der Waals surface area contributed by atoms with E-state index in [0.717, 1.165) is 11.1 Å². The first kappa shape index (κ1) is 16.0. The Labute approximate surface area is 146 Å². The van der Waals surface area contributed by atoms with Crippen molar-refractivity contribution in [3.05, 3.63) is 49.6 Å². The Morgan fingerprint density at radius 3 is 2.61 bits per heavy atom. The number of aromatic nitrogens is 2. The Bertz CT molecular complexity index is 889. The minimum Gasteiger partial charge on any atom is -0.403 e. The topological polar surface area (TPSA) is 68.0 Å². The number of nitrogens with one attached hydrogen (secondary N) is 1. The molecular formula is C15H11Cl2N3O2S. The van der Waals surface area contributed by atoms with Gasteiger partial charge in [-0.1, -0.05) is 34.4 Å². The lowest BCUT2D eigenvalue weighted by Crippen LogP contribution is -2.12. The molecule has 5 nitrogen and oxygen atoms in total. The predicted octanol–water partition coefficient (Wildman–Crippen LogP) is 4.97. The lowest BCUT2D eigenvalue weighted by Gasteiger charge is -2.04. The number of anilines is 1. The highest BCUT2D eigenvalue weighted by atomic mass is 35.5. The first-order chi connectivity index (χ1) is 10.9. The van der Waals surface area contributed by atoms with Gasteiger partial charge in [0, 0.05) is 5.56 Å². The van der Waals surface area contributed by atoms with Crippen molar-refractivity contribution in [1.29, 1.82) is 0 Å². The predicted molar refractivity (Wildman–Crippen MR) is 91.5 cm³/mol. The molecule has 0 saturated carbocycles. The summed E-state index contributed by atoms with van der Waals surface area (Å²) in [4.78, 5) is 12.2. The number of aryl methyl sites for hydroxylation is 2. The van der Waals surface area contributed by atoms with Gasteiger partial charge in [-0.15, -0.1) is 16.4 Å². The molecule has 2 heterocycles. The van der Waals surface area contributed by atoms with E-state index in [1.807, 2.05) is 19.9 Å². The number of carbonyl (C=O) groups is 1. The zero-order chi connectivity index (χ0) is 16.6. The molecule has 0 saturated heterocycles. The smallest absolute Gasteiger partial charge is 0.322 e. The molecule has 1 N–H and O–H groups in total. The number of carbonyl (C=O) groups excluding carboxylic acids is 1. The molecule has 8 heteroatoms. The van der Waals surface area contributed by atoms with Crippen LogP contribution in [0.25, 0.3) is 11.5 Å². The van der Waals surface area contributed by atoms with Crippen molar-refractivity contribution in [2.45, 2.75) is 13.8 Å². The molecule has 0 spiro atoms. The Morgan fingerprint density at radius 1 is 1.17 bits per heavy atom. The Kier molecular flexibility index (Phi) is 4.39. The maximum atomic E-state index is 12.2. The fourth-order valence-electron chi connectivity index (χ4n) is 1.92. The summed E-state index contributed by atoms with van der Waals surface area (Å²) in [6.07, 6.45) is 0. The quantitative estimate of drug-likeness (QED) is 0.708. The molecule has 0 unspecified atom stereocenters. The molecule has 118 valence electrons. The van der Waals surface area contributed by atoms with Crippen LogP contribution in [0.2, 0.25) is 8.67 Å². The van der Waals surface area contributed by atoms with Crippen LogP contribution in [0.15, 0.2) is 28.7 Å². The normalized spacial score (nSPS) is 10.8. The van der Waals surface area contributed by atoms with Crippen LogP contribution in [0.4, 0.5) is 6.01 Å². The van der Waals surface area contributed by atoms with Gasteiger partial charge in [-0.25, -0.2) is 0 Å². The molecule has 2 aromatic heterocycles. The Morgan fingerprint density at radius 2 is 1.96 bits per heavy atom. The molecule has 23 heavy (non-hydrogen) atoms. The third-order valence-corrected chi connectivity index (χ3v) is 4.79. The van der Waals surface area contributed by atoms with E-state index in [-0.39, 0.29) is 17.8 Å². The van der Waals surface area contributed by atoms with Gasteiger partial charge in [0.2, 0.25) is 0 Å². The summed E-state index contributed by atoms with van der Waals surface area (Å²) >= 11 is 13.1. The van der Waals surface area contributed by atoms with Gasteiger partial charge in [0.15, 0.2) is 0 Å². The number of rotatable bonds is 3. The van der Waals surface area contributed by atoms with Crippen LogP contribution >= 0.6 is 34.5 Å². The number of nitrogens with zero attached hydrogens (tertiary/aromatic N) is 2. The summed E-state index contributed by atoms with van der Waals surface area (Å²) in [6.45, 7) is 3.93. The van der Waals surface area contributed by atoms with Crippen LogP contribution in [0.3, 0.4) is 0 Å². The highest BCUT2D eigenvalue weighted by molar-refractivity contribution is 7.20. The molecule has 0 radical (unpaired) electrons. The second-order valence-electron chi connectivity index (χ2n) is 4.90. The van der Waals surface area contributed by atoms with Crippen LogP contribution in [0.1, 0.15) is 21.5 Å². The van der Waals surface area contributed by atoms with Crippen LogP contribution in [-0.4, -0.2) is 16.1 Å². The Hall–Kier alpha value is -1.89. The van der Waals surface area contributed by atoms with Crippen molar-refractivity contribution < 1.29 is 9.21 Å². The summed E-state index contributed by atoms with van der Waals surface area (Å²) < 4.78 is 6.39. The largest absolute Gasteiger partial charge is 0.403 e. The highest BCUT2D eigenvalue weighted by Gasteiger charge is 2.17. The first-order valence-corrected chi connectivity index (χ1v) is 8.18. The van der Waals surface area contributed by atoms with Crippen molar-refractivity contribution in [2.24, 2.45) is 0 Å². The molecular weight excluding hydrogens is 357 g/mol. The van der Waals surface area contributed by atoms with Crippen molar-refractivity contribution in [1.82, 2.24) is 10.2 Å². The molecule has 0 atom stereocenters. The summed E-state index contributed by atoms with van der Waals surface area (Å²) in [6, 6.07) is 7.07. The van der Waals surface area contributed by atoms with Crippen LogP contribution < -0.4 is 5.32 Å². The zero-order valence-electron chi connectivity index (χ0n) is 12.2. The van der Waals surface area contributed by atoms with Gasteiger partial charge in [0.25, 0.3) is 11.8 Å². The average molecular weight is 368 g/mol. The molecule has 0 aliphatic carbocycles. The molecule has 3 rings (SSSR count). The van der Waals surface area contributed by atoms with Crippen LogP contribution in [0.5, 0.6) is 0 Å². The first-order valence-electron chi connectivity index (χ1n) is 6.61. The van der Waals surface area contributed by atoms with E-state index in [0.29, 0.717) is 19.8 Å². The van der Waals surface area contributed by atoms with Crippen molar-refractivity contribution in [2.75, 3.05) is 5.32 Å². The van der Waals surface area contributed by atoms with Crippen molar-refractivity contribution in [3.8, 4) is 11.5 Å². The maximum absolute atomic E-state index is 12.2. The van der Waals surface area contributed by atoms with Crippen LogP contribution in [0, 0.1) is 13.8 Å². The van der Waals surface area contributed by atoms with E-state index in [1.165, 1.54) is 11.3 Å². The van der Waals surface area contributed by atoms with E-state index >= 15 is 0 Å². The summed E-state index contributed by atoms with van der Waals surface area (Å²) in [5.41, 5.74) is 3.21. The van der Waals surface area contributed by atoms with Gasteiger partial charge in [-0.2, -0.15) is 0 Å². The molecule has 0 fully saturated rings. The van der Waals surface area contributed by atoms with Gasteiger partial charge >= 0.3 is 6.01 Å². The van der Waals surface area contributed by atoms with Gasteiger partial charge in [-0.05, 0) is 43.2 Å². The number of hydrogen-bond donors (Lipinski definition) is 1. The minimum atomic E-state index is -0.322. The van der Waals surface area contributed by atoms with Gasteiger partial charge in [0.1, 0.15) is 4.34 Å². The number of halogens is 2. The van der Waals surface area contributed by atoms with Gasteiger partial charge in [-0.3, -0.25) is 10.1 Å². The lowest BCUT2D eigenvalue weighted by atomic mass is 10.1. The van der Waals surface area contributed by atoms with Crippen molar-refractivity contribution in [3.63, 3.8) is 0 Å². The fourth-order valence-corrected chi connectivity index (χ4v) is 3.37. The van der Waals surface area contributed by atoms with E-state index < -0.39 is 0 Å². The molecule has 0 bridgehead atoms. The average Bonchev–Trinajstić information content (AvgIpc) is 3.08. The second-order valence-corrected chi connectivity index (χ2v) is 7.19. The summed E-state index contributed by atoms with van der Waals surface area (Å²) in [5.74, 6) is -0.119. The number of thiophene rings is 1. The number of benzene rings is 1. The van der Waals surface area contributed by atoms with Crippen LogP contribution in [-0.2, 0) is 0 Å². The summed E-state index contributed by atoms with van der Waals surface area (Å²) in [7, 11) is 0. The maximum Gasteiger partial charge on any atom is 0.322 e. The SMILES string of the molecule is Cc1ccc(C(=O)Nc2nnc(-c3cc(Cl)sc3Cl)o2)cc1C. The molecule has 3 aromatic rings. The van der Waals surface area contributed by atoms with E-state index in [1.54, 1.807) is 18.2 Å². The monoisotopic (exact) mass is 367 g/mol. The third kappa shape index (κ3) is 3.39. The van der Waals surface area contributed by atoms with Gasteiger partial charge in [0.05, 0.1) is 9.90 Å². The standard InChI is InChI=1S/C15H11Cl2N3O2S/c1-7-3-4-9(5-8(7)2)13(21)18-15-20-19-14(22-15)10-6-11(16)23-12(10)17/h3-6H,1-2H3,(H,18,20,21). The summed E-state index contributed by atoms with van der Waals surface area (Å²) in [5, 5.41) is 10.2. The molecule has 0 aliphatic rings. The second kappa shape index (κ2) is 6.31. The molecule has 1 aromatic carbocycles. The van der Waals surface area contributed by atoms with E-state index in [4.69, 9.17) is 27.6 Å².